The summed E-state index contributed by atoms with van der Waals surface area (Å²) in [6.45, 7) is 0.307. The number of nitrogens with zero attached hydrogens (tertiary/aromatic N) is 2. The molecule has 0 atom stereocenters. The topological polar surface area (TPSA) is 17.8 Å². The van der Waals surface area contributed by atoms with Gasteiger partial charge < -0.3 is 4.57 Å². The van der Waals surface area contributed by atoms with E-state index in [0.717, 1.165) is 11.6 Å². The van der Waals surface area contributed by atoms with Crippen molar-refractivity contribution in [3.05, 3.63) is 65.2 Å². The number of hydrogen-bond acceptors (Lipinski definition) is 1. The molecule has 0 bridgehead atoms. The molecule has 1 aromatic heterocycles. The van der Waals surface area contributed by atoms with Crippen LogP contribution in [0.25, 0.3) is 11.0 Å². The third-order valence-electron chi connectivity index (χ3n) is 3.22. The van der Waals surface area contributed by atoms with Crippen molar-refractivity contribution in [1.82, 2.24) is 9.55 Å². The Morgan fingerprint density at radius 2 is 1.71 bits per heavy atom. The van der Waals surface area contributed by atoms with Crippen molar-refractivity contribution in [2.24, 2.45) is 0 Å². The zero-order valence-corrected chi connectivity index (χ0v) is 11.5. The quantitative estimate of drug-likeness (QED) is 0.662. The molecule has 0 radical (unpaired) electrons. The van der Waals surface area contributed by atoms with Gasteiger partial charge in [-0.15, -0.1) is 11.6 Å². The maximum atomic E-state index is 13.8. The zero-order chi connectivity index (χ0) is 15.0. The van der Waals surface area contributed by atoms with Crippen molar-refractivity contribution in [3.63, 3.8) is 0 Å². The van der Waals surface area contributed by atoms with Gasteiger partial charge in [-0.3, -0.25) is 0 Å². The van der Waals surface area contributed by atoms with Crippen LogP contribution in [0.15, 0.2) is 36.4 Å². The molecular formula is C15H10ClF3N2. The fourth-order valence-electron chi connectivity index (χ4n) is 2.25. The predicted molar refractivity (Wildman–Crippen MR) is 74.7 cm³/mol. The van der Waals surface area contributed by atoms with Gasteiger partial charge in [0.1, 0.15) is 23.0 Å². The number of alkyl halides is 1. The van der Waals surface area contributed by atoms with Crippen molar-refractivity contribution in [2.75, 3.05) is 0 Å². The van der Waals surface area contributed by atoms with E-state index in [1.807, 2.05) is 0 Å². The first kappa shape index (κ1) is 13.9. The van der Waals surface area contributed by atoms with Crippen LogP contribution in [0.5, 0.6) is 0 Å². The molecule has 0 aliphatic rings. The SMILES string of the molecule is Fc1ccc(Cn2c(CCl)nc3c(F)cc(F)cc32)cc1. The lowest BCUT2D eigenvalue weighted by atomic mass is 10.2. The van der Waals surface area contributed by atoms with Gasteiger partial charge in [0.05, 0.1) is 11.4 Å². The van der Waals surface area contributed by atoms with Gasteiger partial charge in [0.15, 0.2) is 5.82 Å². The molecule has 0 aliphatic heterocycles. The molecule has 1 heterocycles. The van der Waals surface area contributed by atoms with Crippen molar-refractivity contribution in [1.29, 1.82) is 0 Å². The Kier molecular flexibility index (Phi) is 3.59. The Labute approximate surface area is 123 Å². The van der Waals surface area contributed by atoms with Crippen LogP contribution in [-0.4, -0.2) is 9.55 Å². The number of imidazole rings is 1. The van der Waals surface area contributed by atoms with E-state index in [0.29, 0.717) is 17.9 Å². The Balaban J connectivity index is 2.13. The maximum absolute atomic E-state index is 13.8. The molecule has 0 unspecified atom stereocenters. The largest absolute Gasteiger partial charge is 0.322 e. The highest BCUT2D eigenvalue weighted by Gasteiger charge is 2.15. The zero-order valence-electron chi connectivity index (χ0n) is 10.8. The van der Waals surface area contributed by atoms with Gasteiger partial charge in [-0.1, -0.05) is 12.1 Å². The number of halogens is 4. The molecular weight excluding hydrogens is 301 g/mol. The molecule has 3 rings (SSSR count). The molecule has 0 saturated heterocycles. The van der Waals surface area contributed by atoms with E-state index in [-0.39, 0.29) is 17.2 Å². The van der Waals surface area contributed by atoms with Crippen LogP contribution >= 0.6 is 11.6 Å². The highest BCUT2D eigenvalue weighted by Crippen LogP contribution is 2.23. The van der Waals surface area contributed by atoms with Gasteiger partial charge >= 0.3 is 0 Å². The molecule has 3 aromatic rings. The highest BCUT2D eigenvalue weighted by atomic mass is 35.5. The fraction of sp³-hybridized carbons (Fsp3) is 0.133. The van der Waals surface area contributed by atoms with Crippen LogP contribution in [0.4, 0.5) is 13.2 Å². The third-order valence-corrected chi connectivity index (χ3v) is 3.46. The maximum Gasteiger partial charge on any atom is 0.153 e. The number of aromatic nitrogens is 2. The van der Waals surface area contributed by atoms with Gasteiger partial charge in [0, 0.05) is 12.6 Å². The first-order valence-corrected chi connectivity index (χ1v) is 6.76. The van der Waals surface area contributed by atoms with Crippen molar-refractivity contribution in [2.45, 2.75) is 12.4 Å². The summed E-state index contributed by atoms with van der Waals surface area (Å²) < 4.78 is 41.7. The highest BCUT2D eigenvalue weighted by molar-refractivity contribution is 6.16. The molecule has 6 heteroatoms. The second kappa shape index (κ2) is 5.41. The van der Waals surface area contributed by atoms with E-state index in [2.05, 4.69) is 4.98 Å². The molecule has 0 amide bonds. The average Bonchev–Trinajstić information content (AvgIpc) is 2.80. The van der Waals surface area contributed by atoms with Crippen LogP contribution < -0.4 is 0 Å². The molecule has 2 nitrogen and oxygen atoms in total. The molecule has 0 aliphatic carbocycles. The summed E-state index contributed by atoms with van der Waals surface area (Å²) in [6, 6.07) is 7.87. The standard InChI is InChI=1S/C15H10ClF3N2/c16-7-14-20-15-12(19)5-11(18)6-13(15)21(14)8-9-1-3-10(17)4-2-9/h1-6H,7-8H2. The van der Waals surface area contributed by atoms with Crippen molar-refractivity contribution < 1.29 is 13.2 Å². The van der Waals surface area contributed by atoms with E-state index in [9.17, 15) is 13.2 Å². The van der Waals surface area contributed by atoms with Crippen LogP contribution in [0.1, 0.15) is 11.4 Å². The molecule has 0 saturated carbocycles. The summed E-state index contributed by atoms with van der Waals surface area (Å²) in [5.74, 6) is -1.25. The molecule has 2 aromatic carbocycles. The predicted octanol–water partition coefficient (Wildman–Crippen LogP) is 4.24. The minimum atomic E-state index is -0.728. The van der Waals surface area contributed by atoms with Gasteiger partial charge in [0.25, 0.3) is 0 Å². The Morgan fingerprint density at radius 1 is 1.00 bits per heavy atom. The number of hydrogen-bond donors (Lipinski definition) is 0. The molecule has 0 spiro atoms. The summed E-state index contributed by atoms with van der Waals surface area (Å²) in [4.78, 5) is 4.10. The summed E-state index contributed by atoms with van der Waals surface area (Å²) >= 11 is 5.83. The molecule has 21 heavy (non-hydrogen) atoms. The van der Waals surface area contributed by atoms with Crippen molar-refractivity contribution >= 4 is 22.6 Å². The summed E-state index contributed by atoms with van der Waals surface area (Å²) in [5.41, 5.74) is 1.19. The average molecular weight is 311 g/mol. The van der Waals surface area contributed by atoms with E-state index >= 15 is 0 Å². The van der Waals surface area contributed by atoms with Crippen LogP contribution in [0.3, 0.4) is 0 Å². The van der Waals surface area contributed by atoms with E-state index in [1.54, 1.807) is 16.7 Å². The molecule has 108 valence electrons. The summed E-state index contributed by atoms with van der Waals surface area (Å²) in [6.07, 6.45) is 0. The van der Waals surface area contributed by atoms with E-state index in [4.69, 9.17) is 11.6 Å². The Bertz CT molecular complexity index is 797. The van der Waals surface area contributed by atoms with Gasteiger partial charge in [0.2, 0.25) is 0 Å². The third kappa shape index (κ3) is 2.61. The minimum Gasteiger partial charge on any atom is -0.322 e. The first-order valence-electron chi connectivity index (χ1n) is 6.23. The monoisotopic (exact) mass is 310 g/mol. The normalized spacial score (nSPS) is 11.2. The molecule has 0 fully saturated rings. The Hall–Kier alpha value is -2.01. The smallest absolute Gasteiger partial charge is 0.153 e. The van der Waals surface area contributed by atoms with E-state index in [1.165, 1.54) is 18.2 Å². The van der Waals surface area contributed by atoms with Crippen molar-refractivity contribution in [3.8, 4) is 0 Å². The minimum absolute atomic E-state index is 0.0664. The lowest BCUT2D eigenvalue weighted by molar-refractivity contribution is 0.590. The number of rotatable bonds is 3. The number of fused-ring (bicyclic) bond motifs is 1. The lowest BCUT2D eigenvalue weighted by Crippen LogP contribution is -2.04. The summed E-state index contributed by atoms with van der Waals surface area (Å²) in [7, 11) is 0. The van der Waals surface area contributed by atoms with Gasteiger partial charge in [-0.2, -0.15) is 0 Å². The fourth-order valence-corrected chi connectivity index (χ4v) is 2.45. The van der Waals surface area contributed by atoms with Crippen LogP contribution in [0, 0.1) is 17.5 Å². The second-order valence-electron chi connectivity index (χ2n) is 4.63. The second-order valence-corrected chi connectivity index (χ2v) is 4.90. The van der Waals surface area contributed by atoms with Gasteiger partial charge in [-0.05, 0) is 23.8 Å². The van der Waals surface area contributed by atoms with Crippen LogP contribution in [-0.2, 0) is 12.4 Å². The summed E-state index contributed by atoms with van der Waals surface area (Å²) in [5, 5.41) is 0. The Morgan fingerprint density at radius 3 is 2.38 bits per heavy atom. The lowest BCUT2D eigenvalue weighted by Gasteiger charge is -2.08. The van der Waals surface area contributed by atoms with Gasteiger partial charge in [-0.25, -0.2) is 18.2 Å². The first-order chi connectivity index (χ1) is 10.1. The molecule has 0 N–H and O–H groups in total. The number of benzene rings is 2. The van der Waals surface area contributed by atoms with E-state index < -0.39 is 11.6 Å². The van der Waals surface area contributed by atoms with Crippen LogP contribution in [0.2, 0.25) is 0 Å².